The molecule has 1 aliphatic heterocycles. The van der Waals surface area contributed by atoms with E-state index in [1.807, 2.05) is 29.2 Å². The van der Waals surface area contributed by atoms with Crippen molar-refractivity contribution < 1.29 is 14.7 Å². The summed E-state index contributed by atoms with van der Waals surface area (Å²) < 4.78 is 0. The van der Waals surface area contributed by atoms with E-state index in [2.05, 4.69) is 15.5 Å². The Labute approximate surface area is 151 Å². The first-order chi connectivity index (χ1) is 12.4. The maximum Gasteiger partial charge on any atom is 0.243 e. The number of hydrogen-bond acceptors (Lipinski definition) is 6. The summed E-state index contributed by atoms with van der Waals surface area (Å²) in [6.45, 7) is 1.27. The first-order valence-electron chi connectivity index (χ1n) is 8.62. The molecule has 3 rings (SSSR count). The Bertz CT molecular complexity index is 757. The van der Waals surface area contributed by atoms with E-state index in [1.54, 1.807) is 14.1 Å². The molecule has 1 aromatic heterocycles. The molecule has 140 valence electrons. The topological polar surface area (TPSA) is 104 Å². The van der Waals surface area contributed by atoms with E-state index in [9.17, 15) is 14.7 Å². The summed E-state index contributed by atoms with van der Waals surface area (Å²) in [6, 6.07) is 7.08. The van der Waals surface area contributed by atoms with Gasteiger partial charge in [-0.05, 0) is 18.6 Å². The van der Waals surface area contributed by atoms with Gasteiger partial charge < -0.3 is 15.3 Å². The number of likely N-dealkylation sites (N-methyl/N-ethyl adjacent to an activating group) is 1. The van der Waals surface area contributed by atoms with Crippen molar-refractivity contribution in [2.24, 2.45) is 0 Å². The minimum atomic E-state index is -0.715. The molecule has 0 radical (unpaired) electrons. The predicted molar refractivity (Wildman–Crippen MR) is 95.2 cm³/mol. The van der Waals surface area contributed by atoms with Crippen LogP contribution in [0.25, 0.3) is 11.0 Å². The van der Waals surface area contributed by atoms with Gasteiger partial charge in [-0.3, -0.25) is 14.5 Å². The third-order valence-electron chi connectivity index (χ3n) is 4.48. The highest BCUT2D eigenvalue weighted by atomic mass is 16.3. The lowest BCUT2D eigenvalue weighted by atomic mass is 10.0. The molecule has 1 fully saturated rings. The van der Waals surface area contributed by atoms with E-state index in [4.69, 9.17) is 0 Å². The minimum absolute atomic E-state index is 0.000724. The van der Waals surface area contributed by atoms with Crippen LogP contribution in [0, 0.1) is 0 Å². The Morgan fingerprint density at radius 3 is 2.46 bits per heavy atom. The number of hydrogen-bond donors (Lipinski definition) is 2. The van der Waals surface area contributed by atoms with Crippen LogP contribution in [-0.2, 0) is 16.1 Å². The molecule has 9 heteroatoms. The van der Waals surface area contributed by atoms with Crippen LogP contribution < -0.4 is 5.32 Å². The van der Waals surface area contributed by atoms with Crippen molar-refractivity contribution in [3.63, 3.8) is 0 Å². The summed E-state index contributed by atoms with van der Waals surface area (Å²) in [5.41, 5.74) is 1.47. The van der Waals surface area contributed by atoms with E-state index < -0.39 is 6.10 Å². The molecule has 1 aromatic carbocycles. The molecular weight excluding hydrogens is 336 g/mol. The molecule has 1 aliphatic rings. The molecule has 0 saturated carbocycles. The van der Waals surface area contributed by atoms with Gasteiger partial charge in [-0.25, -0.2) is 0 Å². The zero-order valence-corrected chi connectivity index (χ0v) is 15.0. The van der Waals surface area contributed by atoms with E-state index in [1.165, 1.54) is 9.70 Å². The highest BCUT2D eigenvalue weighted by molar-refractivity contribution is 5.78. The first kappa shape index (κ1) is 18.3. The molecule has 0 spiro atoms. The van der Waals surface area contributed by atoms with E-state index >= 15 is 0 Å². The first-order valence-corrected chi connectivity index (χ1v) is 8.62. The summed E-state index contributed by atoms with van der Waals surface area (Å²) in [7, 11) is 3.41. The number of amides is 2. The number of fused-ring (bicyclic) bond motifs is 1. The van der Waals surface area contributed by atoms with Gasteiger partial charge in [0.1, 0.15) is 17.6 Å². The van der Waals surface area contributed by atoms with Crippen LogP contribution >= 0.6 is 0 Å². The number of aliphatic hydroxyl groups is 1. The van der Waals surface area contributed by atoms with Crippen LogP contribution in [0.1, 0.15) is 6.42 Å². The van der Waals surface area contributed by atoms with Gasteiger partial charge in [-0.15, -0.1) is 0 Å². The maximum absolute atomic E-state index is 12.3. The molecule has 2 aromatic rings. The van der Waals surface area contributed by atoms with E-state index in [0.717, 1.165) is 11.0 Å². The van der Waals surface area contributed by atoms with Gasteiger partial charge in [0.15, 0.2) is 0 Å². The van der Waals surface area contributed by atoms with Crippen molar-refractivity contribution in [1.82, 2.24) is 30.1 Å². The lowest BCUT2D eigenvalue weighted by Gasteiger charge is -2.36. The molecule has 0 unspecified atom stereocenters. The monoisotopic (exact) mass is 360 g/mol. The molecule has 1 saturated heterocycles. The van der Waals surface area contributed by atoms with Crippen molar-refractivity contribution in [2.75, 3.05) is 33.7 Å². The van der Waals surface area contributed by atoms with Crippen molar-refractivity contribution in [2.45, 2.75) is 25.1 Å². The molecular formula is C17H24N6O3. The number of carbonyl (C=O) groups excluding carboxylic acids is 2. The largest absolute Gasteiger partial charge is 0.390 e. The van der Waals surface area contributed by atoms with Crippen LogP contribution in [0.2, 0.25) is 0 Å². The second-order valence-electron chi connectivity index (χ2n) is 6.77. The van der Waals surface area contributed by atoms with Crippen LogP contribution in [0.15, 0.2) is 24.3 Å². The average Bonchev–Trinajstić information content (AvgIpc) is 2.99. The zero-order valence-electron chi connectivity index (χ0n) is 15.0. The summed E-state index contributed by atoms with van der Waals surface area (Å²) in [5, 5.41) is 21.7. The number of β-amino-alcohol motifs (C(OH)–C–C–N with tert-alkyl or cyclic N) is 1. The Kier molecular flexibility index (Phi) is 5.48. The number of rotatable bonds is 5. The Hall–Kier alpha value is -2.52. The summed E-state index contributed by atoms with van der Waals surface area (Å²) >= 11 is 0. The fraction of sp³-hybridized carbons (Fsp3) is 0.529. The van der Waals surface area contributed by atoms with Gasteiger partial charge >= 0.3 is 0 Å². The highest BCUT2D eigenvalue weighted by Gasteiger charge is 2.30. The number of nitrogens with zero attached hydrogens (tertiary/aromatic N) is 5. The van der Waals surface area contributed by atoms with Crippen LogP contribution in [0.4, 0.5) is 0 Å². The van der Waals surface area contributed by atoms with Gasteiger partial charge in [0.2, 0.25) is 11.8 Å². The second-order valence-corrected chi connectivity index (χ2v) is 6.77. The third-order valence-corrected chi connectivity index (χ3v) is 4.48. The van der Waals surface area contributed by atoms with E-state index in [0.29, 0.717) is 19.5 Å². The maximum atomic E-state index is 12.3. The van der Waals surface area contributed by atoms with Crippen molar-refractivity contribution >= 4 is 22.8 Å². The number of likely N-dealkylation sites (tertiary alicyclic amines) is 1. The minimum Gasteiger partial charge on any atom is -0.390 e. The zero-order chi connectivity index (χ0) is 18.7. The average molecular weight is 360 g/mol. The predicted octanol–water partition coefficient (Wildman–Crippen LogP) is -0.929. The summed E-state index contributed by atoms with van der Waals surface area (Å²) in [4.78, 5) is 28.8. The number of aliphatic hydroxyl groups excluding tert-OH is 1. The van der Waals surface area contributed by atoms with Crippen LogP contribution in [0.3, 0.4) is 0 Å². The molecule has 2 N–H and O–H groups in total. The molecule has 9 nitrogen and oxygen atoms in total. The standard InChI is InChI=1S/C17H24N6O3/c1-21(2)17(26)11-22-8-7-14(15(24)9-22)18-16(25)10-23-19-12-5-3-4-6-13(12)20-23/h3-6,14-15,24H,7-11H2,1-2H3,(H,18,25)/t14-,15-/m1/s1. The smallest absolute Gasteiger partial charge is 0.243 e. The normalized spacial score (nSPS) is 20.9. The summed E-state index contributed by atoms with van der Waals surface area (Å²) in [6.07, 6.45) is -0.130. The molecule has 2 amide bonds. The Balaban J connectivity index is 1.51. The number of carbonyl (C=O) groups is 2. The number of nitrogens with one attached hydrogen (secondary N) is 1. The van der Waals surface area contributed by atoms with Gasteiger partial charge in [0.05, 0.1) is 18.7 Å². The number of aromatic nitrogens is 3. The fourth-order valence-corrected chi connectivity index (χ4v) is 3.00. The van der Waals surface area contributed by atoms with Crippen molar-refractivity contribution in [1.29, 1.82) is 0 Å². The van der Waals surface area contributed by atoms with Gasteiger partial charge in [0.25, 0.3) is 0 Å². The van der Waals surface area contributed by atoms with Crippen LogP contribution in [-0.4, -0.2) is 87.6 Å². The summed E-state index contributed by atoms with van der Waals surface area (Å²) in [5.74, 6) is -0.247. The molecule has 2 heterocycles. The number of benzene rings is 1. The number of piperidine rings is 1. The molecule has 0 aliphatic carbocycles. The quantitative estimate of drug-likeness (QED) is 0.714. The van der Waals surface area contributed by atoms with Crippen molar-refractivity contribution in [3.05, 3.63) is 24.3 Å². The SMILES string of the molecule is CN(C)C(=O)CN1CC[C@@H](NC(=O)Cn2nc3ccccc3n2)[C@H](O)C1. The van der Waals surface area contributed by atoms with Gasteiger partial charge in [-0.2, -0.15) is 15.0 Å². The Morgan fingerprint density at radius 1 is 1.23 bits per heavy atom. The van der Waals surface area contributed by atoms with Gasteiger partial charge in [0, 0.05) is 27.2 Å². The molecule has 2 atom stereocenters. The van der Waals surface area contributed by atoms with Gasteiger partial charge in [-0.1, -0.05) is 12.1 Å². The van der Waals surface area contributed by atoms with Crippen molar-refractivity contribution in [3.8, 4) is 0 Å². The third kappa shape index (κ3) is 4.36. The molecule has 26 heavy (non-hydrogen) atoms. The second kappa shape index (κ2) is 7.79. The highest BCUT2D eigenvalue weighted by Crippen LogP contribution is 2.12. The molecule has 0 bridgehead atoms. The lowest BCUT2D eigenvalue weighted by molar-refractivity contribution is -0.131. The fourth-order valence-electron chi connectivity index (χ4n) is 3.00. The Morgan fingerprint density at radius 2 is 1.88 bits per heavy atom. The van der Waals surface area contributed by atoms with Crippen LogP contribution in [0.5, 0.6) is 0 Å². The van der Waals surface area contributed by atoms with E-state index in [-0.39, 0.29) is 30.9 Å². The lowest BCUT2D eigenvalue weighted by Crippen LogP contribution is -2.55.